The maximum Gasteiger partial charge on any atom is 0.258 e. The molecule has 2 aromatic heterocycles. The van der Waals surface area contributed by atoms with Crippen molar-refractivity contribution in [2.75, 3.05) is 5.32 Å². The number of halogens is 1. The molecule has 0 amide bonds. The van der Waals surface area contributed by atoms with Crippen LogP contribution in [0.1, 0.15) is 29.4 Å². The summed E-state index contributed by atoms with van der Waals surface area (Å²) >= 11 is 5.98. The molecule has 0 radical (unpaired) electrons. The lowest BCUT2D eigenvalue weighted by atomic mass is 10.1. The van der Waals surface area contributed by atoms with Crippen LogP contribution in [0.2, 0.25) is 5.02 Å². The summed E-state index contributed by atoms with van der Waals surface area (Å²) in [7, 11) is 0. The molecular weight excluding hydrogens is 386 g/mol. The van der Waals surface area contributed by atoms with Crippen LogP contribution in [-0.2, 0) is 13.0 Å². The van der Waals surface area contributed by atoms with Gasteiger partial charge in [-0.25, -0.2) is 4.98 Å². The number of hydrogen-bond acceptors (Lipinski definition) is 4. The first-order chi connectivity index (χ1) is 14.0. The van der Waals surface area contributed by atoms with E-state index >= 15 is 0 Å². The van der Waals surface area contributed by atoms with Gasteiger partial charge in [-0.1, -0.05) is 30.7 Å². The Kier molecular flexibility index (Phi) is 5.16. The van der Waals surface area contributed by atoms with Crippen LogP contribution in [-0.4, -0.2) is 9.55 Å². The van der Waals surface area contributed by atoms with Crippen LogP contribution in [0.4, 0.5) is 11.6 Å². The van der Waals surface area contributed by atoms with Crippen molar-refractivity contribution in [2.24, 2.45) is 0 Å². The zero-order valence-corrected chi connectivity index (χ0v) is 17.4. The van der Waals surface area contributed by atoms with E-state index in [9.17, 15) is 4.79 Å². The molecule has 6 heteroatoms. The number of nitrogens with zero attached hydrogens (tertiary/aromatic N) is 2. The normalized spacial score (nSPS) is 11.2. The van der Waals surface area contributed by atoms with E-state index in [0.717, 1.165) is 40.0 Å². The zero-order chi connectivity index (χ0) is 20.5. The van der Waals surface area contributed by atoms with E-state index in [-0.39, 0.29) is 5.56 Å². The van der Waals surface area contributed by atoms with Gasteiger partial charge in [-0.3, -0.25) is 9.36 Å². The van der Waals surface area contributed by atoms with Gasteiger partial charge in [0.25, 0.3) is 5.56 Å². The number of furan rings is 1. The second-order valence-electron chi connectivity index (χ2n) is 7.12. The zero-order valence-electron chi connectivity index (χ0n) is 16.6. The van der Waals surface area contributed by atoms with Crippen molar-refractivity contribution in [1.29, 1.82) is 0 Å². The van der Waals surface area contributed by atoms with Gasteiger partial charge in [0.15, 0.2) is 0 Å². The number of fused-ring (bicyclic) bond motifs is 1. The van der Waals surface area contributed by atoms with E-state index in [0.29, 0.717) is 23.1 Å². The Labute approximate surface area is 174 Å². The largest absolute Gasteiger partial charge is 0.461 e. The summed E-state index contributed by atoms with van der Waals surface area (Å²) in [5.74, 6) is 1.48. The van der Waals surface area contributed by atoms with Crippen molar-refractivity contribution >= 4 is 34.2 Å². The number of nitrogens with one attached hydrogen (secondary N) is 1. The molecule has 0 spiro atoms. The number of rotatable bonds is 5. The van der Waals surface area contributed by atoms with Crippen LogP contribution >= 0.6 is 11.6 Å². The topological polar surface area (TPSA) is 60.1 Å². The third-order valence-electron chi connectivity index (χ3n) is 5.08. The fourth-order valence-electron chi connectivity index (χ4n) is 3.43. The third kappa shape index (κ3) is 3.78. The second kappa shape index (κ2) is 7.76. The van der Waals surface area contributed by atoms with E-state index in [1.807, 2.05) is 42.5 Å². The minimum Gasteiger partial charge on any atom is -0.461 e. The highest BCUT2D eigenvalue weighted by molar-refractivity contribution is 6.30. The van der Waals surface area contributed by atoms with Crippen LogP contribution < -0.4 is 10.9 Å². The van der Waals surface area contributed by atoms with Crippen molar-refractivity contribution in [1.82, 2.24) is 9.55 Å². The maximum atomic E-state index is 12.8. The monoisotopic (exact) mass is 407 g/mol. The molecule has 0 saturated heterocycles. The SMILES string of the molecule is CCc1oc2ccc(Nc3ncc(C)c(=O)n3Cc3ccc(Cl)cc3)cc2c1C. The van der Waals surface area contributed by atoms with Gasteiger partial charge in [-0.05, 0) is 55.3 Å². The number of aryl methyl sites for hydroxylation is 3. The first kappa shape index (κ1) is 19.3. The Morgan fingerprint density at radius 1 is 1.14 bits per heavy atom. The minimum absolute atomic E-state index is 0.0775. The lowest BCUT2D eigenvalue weighted by Crippen LogP contribution is -2.26. The van der Waals surface area contributed by atoms with E-state index < -0.39 is 0 Å². The molecule has 5 nitrogen and oxygen atoms in total. The molecule has 29 heavy (non-hydrogen) atoms. The average Bonchev–Trinajstić information content (AvgIpc) is 3.04. The summed E-state index contributed by atoms with van der Waals surface area (Å²) in [5, 5.41) is 5.03. The molecule has 0 fully saturated rings. The Hall–Kier alpha value is -3.05. The van der Waals surface area contributed by atoms with Crippen LogP contribution in [0.5, 0.6) is 0 Å². The van der Waals surface area contributed by atoms with Gasteiger partial charge in [0.1, 0.15) is 11.3 Å². The molecule has 148 valence electrons. The fraction of sp³-hybridized carbons (Fsp3) is 0.217. The van der Waals surface area contributed by atoms with Crippen LogP contribution in [0.25, 0.3) is 11.0 Å². The first-order valence-electron chi connectivity index (χ1n) is 9.56. The van der Waals surface area contributed by atoms with Gasteiger partial charge < -0.3 is 9.73 Å². The van der Waals surface area contributed by atoms with E-state index in [4.69, 9.17) is 16.0 Å². The molecule has 4 aromatic rings. The van der Waals surface area contributed by atoms with E-state index in [2.05, 4.69) is 24.1 Å². The van der Waals surface area contributed by atoms with E-state index in [1.165, 1.54) is 0 Å². The molecule has 0 atom stereocenters. The van der Waals surface area contributed by atoms with Gasteiger partial charge in [-0.2, -0.15) is 0 Å². The quantitative estimate of drug-likeness (QED) is 0.466. The van der Waals surface area contributed by atoms with E-state index in [1.54, 1.807) is 17.7 Å². The Balaban J connectivity index is 1.72. The minimum atomic E-state index is -0.0775. The smallest absolute Gasteiger partial charge is 0.258 e. The molecule has 2 aromatic carbocycles. The summed E-state index contributed by atoms with van der Waals surface area (Å²) in [6, 6.07) is 13.4. The summed E-state index contributed by atoms with van der Waals surface area (Å²) in [4.78, 5) is 17.3. The summed E-state index contributed by atoms with van der Waals surface area (Å²) in [6.07, 6.45) is 2.45. The molecule has 0 bridgehead atoms. The standard InChI is InChI=1S/C23H22ClN3O2/c1-4-20-15(3)19-11-18(9-10-21(19)29-20)26-23-25-12-14(2)22(28)27(23)13-16-5-7-17(24)8-6-16/h5-12H,4,13H2,1-3H3,(H,25,26). The van der Waals surface area contributed by atoms with Crippen molar-refractivity contribution in [3.63, 3.8) is 0 Å². The molecule has 0 aliphatic heterocycles. The molecule has 0 aliphatic carbocycles. The Morgan fingerprint density at radius 3 is 2.62 bits per heavy atom. The lowest BCUT2D eigenvalue weighted by Gasteiger charge is -2.14. The number of benzene rings is 2. The number of anilines is 2. The van der Waals surface area contributed by atoms with Crippen LogP contribution in [0.15, 0.2) is 57.9 Å². The van der Waals surface area contributed by atoms with Crippen molar-refractivity contribution < 1.29 is 4.42 Å². The van der Waals surface area contributed by atoms with Crippen molar-refractivity contribution in [3.05, 3.63) is 86.5 Å². The van der Waals surface area contributed by atoms with Crippen LogP contribution in [0, 0.1) is 13.8 Å². The molecule has 2 heterocycles. The van der Waals surface area contributed by atoms with Crippen molar-refractivity contribution in [3.8, 4) is 0 Å². The lowest BCUT2D eigenvalue weighted by molar-refractivity contribution is 0.553. The molecule has 4 rings (SSSR count). The Bertz CT molecular complexity index is 1240. The Morgan fingerprint density at radius 2 is 1.90 bits per heavy atom. The van der Waals surface area contributed by atoms with Crippen LogP contribution in [0.3, 0.4) is 0 Å². The predicted molar refractivity (Wildman–Crippen MR) is 117 cm³/mol. The fourth-order valence-corrected chi connectivity index (χ4v) is 3.55. The highest BCUT2D eigenvalue weighted by Crippen LogP contribution is 2.29. The summed E-state index contributed by atoms with van der Waals surface area (Å²) < 4.78 is 7.53. The first-order valence-corrected chi connectivity index (χ1v) is 9.94. The van der Waals surface area contributed by atoms with Gasteiger partial charge in [0.2, 0.25) is 5.95 Å². The highest BCUT2D eigenvalue weighted by Gasteiger charge is 2.12. The summed E-state index contributed by atoms with van der Waals surface area (Å²) in [5.41, 5.74) is 4.34. The number of aromatic nitrogens is 2. The van der Waals surface area contributed by atoms with Gasteiger partial charge in [-0.15, -0.1) is 0 Å². The highest BCUT2D eigenvalue weighted by atomic mass is 35.5. The second-order valence-corrected chi connectivity index (χ2v) is 7.56. The third-order valence-corrected chi connectivity index (χ3v) is 5.34. The van der Waals surface area contributed by atoms with Gasteiger partial charge >= 0.3 is 0 Å². The molecular formula is C23H22ClN3O2. The number of hydrogen-bond donors (Lipinski definition) is 1. The predicted octanol–water partition coefficient (Wildman–Crippen LogP) is 5.61. The molecule has 0 saturated carbocycles. The average molecular weight is 408 g/mol. The molecule has 0 aliphatic rings. The molecule has 0 unspecified atom stereocenters. The molecule has 1 N–H and O–H groups in total. The van der Waals surface area contributed by atoms with Crippen molar-refractivity contribution in [2.45, 2.75) is 33.7 Å². The van der Waals surface area contributed by atoms with Gasteiger partial charge in [0.05, 0.1) is 6.54 Å². The maximum absolute atomic E-state index is 12.8. The van der Waals surface area contributed by atoms with Gasteiger partial charge in [0, 0.05) is 34.3 Å². The summed E-state index contributed by atoms with van der Waals surface area (Å²) in [6.45, 7) is 6.31.